The first-order valence-corrected chi connectivity index (χ1v) is 4.41. The monoisotopic (exact) mass is 205 g/mol. The molecule has 5 heteroatoms. The van der Waals surface area contributed by atoms with Gasteiger partial charge in [0, 0.05) is 7.05 Å². The lowest BCUT2D eigenvalue weighted by molar-refractivity contribution is 0.383. The Labute approximate surface area is 86.7 Å². The summed E-state index contributed by atoms with van der Waals surface area (Å²) in [7, 11) is 1.73. The van der Waals surface area contributed by atoms with Gasteiger partial charge in [-0.2, -0.15) is 0 Å². The summed E-state index contributed by atoms with van der Waals surface area (Å²) in [6.45, 7) is 0. The lowest BCUT2D eigenvalue weighted by Crippen LogP contribution is -1.98. The Kier molecular flexibility index (Phi) is 2.21. The van der Waals surface area contributed by atoms with Crippen LogP contribution in [0.4, 0.5) is 5.82 Å². The number of para-hydroxylation sites is 2. The predicted octanol–water partition coefficient (Wildman–Crippen LogP) is 1.50. The van der Waals surface area contributed by atoms with E-state index in [0.29, 0.717) is 17.6 Å². The first-order chi connectivity index (χ1) is 7.18. The largest absolute Gasteiger partial charge is 0.504 e. The van der Waals surface area contributed by atoms with Crippen molar-refractivity contribution in [2.75, 3.05) is 5.73 Å². The molecule has 0 unspecified atom stereocenters. The molecule has 0 saturated heterocycles. The van der Waals surface area contributed by atoms with Crippen LogP contribution in [0.1, 0.15) is 0 Å². The number of phenolic OH excluding ortho intramolecular Hbond substituents is 1. The number of imidazole rings is 1. The number of aromatic hydroxyl groups is 1. The van der Waals surface area contributed by atoms with E-state index in [-0.39, 0.29) is 5.75 Å². The van der Waals surface area contributed by atoms with Crippen LogP contribution >= 0.6 is 0 Å². The van der Waals surface area contributed by atoms with E-state index in [4.69, 9.17) is 10.5 Å². The number of aromatic nitrogens is 2. The van der Waals surface area contributed by atoms with Crippen molar-refractivity contribution in [1.82, 2.24) is 9.55 Å². The van der Waals surface area contributed by atoms with Crippen LogP contribution in [0.2, 0.25) is 0 Å². The Morgan fingerprint density at radius 1 is 1.40 bits per heavy atom. The van der Waals surface area contributed by atoms with Crippen LogP contribution in [-0.2, 0) is 7.05 Å². The van der Waals surface area contributed by atoms with Crippen molar-refractivity contribution in [3.63, 3.8) is 0 Å². The Balaban J connectivity index is 2.30. The normalized spacial score (nSPS) is 10.2. The maximum absolute atomic E-state index is 9.48. The highest BCUT2D eigenvalue weighted by molar-refractivity contribution is 5.40. The summed E-state index contributed by atoms with van der Waals surface area (Å²) in [5.41, 5.74) is 5.59. The number of hydrogen-bond acceptors (Lipinski definition) is 4. The molecule has 0 amide bonds. The van der Waals surface area contributed by atoms with Gasteiger partial charge in [0.2, 0.25) is 0 Å². The van der Waals surface area contributed by atoms with Gasteiger partial charge in [0.15, 0.2) is 11.5 Å². The molecule has 5 nitrogen and oxygen atoms in total. The third-order valence-electron chi connectivity index (χ3n) is 2.05. The summed E-state index contributed by atoms with van der Waals surface area (Å²) in [5.74, 6) is 0.922. The Bertz CT molecular complexity index is 479. The highest BCUT2D eigenvalue weighted by atomic mass is 16.5. The van der Waals surface area contributed by atoms with Crippen molar-refractivity contribution < 1.29 is 9.84 Å². The first kappa shape index (κ1) is 9.39. The number of nitrogens with zero attached hydrogens (tertiary/aromatic N) is 2. The number of anilines is 1. The van der Waals surface area contributed by atoms with Crippen LogP contribution < -0.4 is 10.5 Å². The van der Waals surface area contributed by atoms with E-state index in [9.17, 15) is 5.11 Å². The molecule has 1 heterocycles. The summed E-state index contributed by atoms with van der Waals surface area (Å²) in [4.78, 5) is 3.96. The van der Waals surface area contributed by atoms with Crippen molar-refractivity contribution in [3.8, 4) is 17.5 Å². The first-order valence-electron chi connectivity index (χ1n) is 4.41. The molecule has 0 saturated carbocycles. The van der Waals surface area contributed by atoms with Gasteiger partial charge in [0.05, 0.1) is 6.20 Å². The Hall–Kier alpha value is -2.17. The molecule has 2 aromatic rings. The maximum atomic E-state index is 9.48. The second kappa shape index (κ2) is 3.53. The molecule has 0 aliphatic heterocycles. The molecular formula is C10H11N3O2. The minimum atomic E-state index is 0.0686. The van der Waals surface area contributed by atoms with E-state index in [1.54, 1.807) is 35.9 Å². The molecule has 0 atom stereocenters. The average Bonchev–Trinajstić information content (AvgIpc) is 2.53. The number of benzene rings is 1. The smallest absolute Gasteiger partial charge is 0.303 e. The van der Waals surface area contributed by atoms with Gasteiger partial charge in [-0.15, -0.1) is 0 Å². The lowest BCUT2D eigenvalue weighted by Gasteiger charge is -2.06. The Morgan fingerprint density at radius 3 is 2.73 bits per heavy atom. The summed E-state index contributed by atoms with van der Waals surface area (Å²) < 4.78 is 6.97. The summed E-state index contributed by atoms with van der Waals surface area (Å²) in [6, 6.07) is 7.02. The van der Waals surface area contributed by atoms with Gasteiger partial charge in [-0.3, -0.25) is 4.57 Å². The van der Waals surface area contributed by atoms with Crippen molar-refractivity contribution in [2.45, 2.75) is 0 Å². The molecule has 1 aromatic heterocycles. The molecule has 2 rings (SSSR count). The van der Waals surface area contributed by atoms with Crippen molar-refractivity contribution in [2.24, 2.45) is 7.05 Å². The van der Waals surface area contributed by atoms with Crippen LogP contribution in [0.3, 0.4) is 0 Å². The fourth-order valence-corrected chi connectivity index (χ4v) is 1.14. The molecule has 0 fully saturated rings. The average molecular weight is 205 g/mol. The van der Waals surface area contributed by atoms with E-state index in [1.165, 1.54) is 6.20 Å². The van der Waals surface area contributed by atoms with Crippen LogP contribution in [0.15, 0.2) is 30.5 Å². The zero-order valence-corrected chi connectivity index (χ0v) is 8.21. The molecule has 1 aromatic carbocycles. The molecule has 0 bridgehead atoms. The maximum Gasteiger partial charge on any atom is 0.303 e. The van der Waals surface area contributed by atoms with Gasteiger partial charge < -0.3 is 15.6 Å². The fourth-order valence-electron chi connectivity index (χ4n) is 1.14. The minimum Gasteiger partial charge on any atom is -0.504 e. The molecule has 0 aliphatic carbocycles. The van der Waals surface area contributed by atoms with Crippen LogP contribution in [-0.4, -0.2) is 14.7 Å². The molecule has 0 radical (unpaired) electrons. The van der Waals surface area contributed by atoms with Gasteiger partial charge in [0.25, 0.3) is 0 Å². The Morgan fingerprint density at radius 2 is 2.13 bits per heavy atom. The summed E-state index contributed by atoms with van der Waals surface area (Å²) in [6.07, 6.45) is 1.50. The molecule has 78 valence electrons. The molecule has 3 N–H and O–H groups in total. The van der Waals surface area contributed by atoms with Gasteiger partial charge in [0.1, 0.15) is 5.82 Å². The predicted molar refractivity (Wildman–Crippen MR) is 55.8 cm³/mol. The highest BCUT2D eigenvalue weighted by Gasteiger charge is 2.08. The standard InChI is InChI=1S/C10H11N3O2/c1-13-9(11)6-12-10(13)15-8-5-3-2-4-7(8)14/h2-6,14H,11H2,1H3. The number of phenols is 1. The van der Waals surface area contributed by atoms with Crippen molar-refractivity contribution >= 4 is 5.82 Å². The second-order valence-corrected chi connectivity index (χ2v) is 3.09. The van der Waals surface area contributed by atoms with E-state index >= 15 is 0 Å². The quantitative estimate of drug-likeness (QED) is 0.779. The molecular weight excluding hydrogens is 194 g/mol. The topological polar surface area (TPSA) is 73.3 Å². The third kappa shape index (κ3) is 1.71. The zero-order chi connectivity index (χ0) is 10.8. The SMILES string of the molecule is Cn1c(N)cnc1Oc1ccccc1O. The van der Waals surface area contributed by atoms with Crippen LogP contribution in [0, 0.1) is 0 Å². The van der Waals surface area contributed by atoms with Crippen molar-refractivity contribution in [1.29, 1.82) is 0 Å². The lowest BCUT2D eigenvalue weighted by atomic mass is 10.3. The molecule has 15 heavy (non-hydrogen) atoms. The minimum absolute atomic E-state index is 0.0686. The number of rotatable bonds is 2. The second-order valence-electron chi connectivity index (χ2n) is 3.09. The summed E-state index contributed by atoms with van der Waals surface area (Å²) in [5, 5.41) is 9.48. The fraction of sp³-hybridized carbons (Fsp3) is 0.100. The van der Waals surface area contributed by atoms with Crippen LogP contribution in [0.5, 0.6) is 17.5 Å². The highest BCUT2D eigenvalue weighted by Crippen LogP contribution is 2.29. The molecule has 0 spiro atoms. The van der Waals surface area contributed by atoms with Gasteiger partial charge in [-0.25, -0.2) is 4.98 Å². The van der Waals surface area contributed by atoms with Gasteiger partial charge >= 0.3 is 6.01 Å². The van der Waals surface area contributed by atoms with Gasteiger partial charge in [-0.1, -0.05) is 12.1 Å². The third-order valence-corrected chi connectivity index (χ3v) is 2.05. The van der Waals surface area contributed by atoms with Crippen molar-refractivity contribution in [3.05, 3.63) is 30.5 Å². The number of nitrogen functional groups attached to an aromatic ring is 1. The van der Waals surface area contributed by atoms with Gasteiger partial charge in [-0.05, 0) is 12.1 Å². The van der Waals surface area contributed by atoms with E-state index < -0.39 is 0 Å². The number of ether oxygens (including phenoxy) is 1. The molecule has 0 aliphatic rings. The van der Waals surface area contributed by atoms with E-state index in [2.05, 4.69) is 4.98 Å². The van der Waals surface area contributed by atoms with E-state index in [1.807, 2.05) is 0 Å². The van der Waals surface area contributed by atoms with E-state index in [0.717, 1.165) is 0 Å². The number of hydrogen-bond donors (Lipinski definition) is 2. The number of nitrogens with two attached hydrogens (primary N) is 1. The summed E-state index contributed by atoms with van der Waals surface area (Å²) >= 11 is 0. The van der Waals surface area contributed by atoms with Crippen LogP contribution in [0.25, 0.3) is 0 Å². The zero-order valence-electron chi connectivity index (χ0n) is 8.21.